The molecule has 0 bridgehead atoms. The lowest BCUT2D eigenvalue weighted by molar-refractivity contribution is 0.417. The normalized spacial score (nSPS) is 15.2. The molecule has 1 saturated carbocycles. The number of hydrogen-bond donors (Lipinski definition) is 2. The lowest BCUT2D eigenvalue weighted by Crippen LogP contribution is -2.18. The molecule has 3 aromatic rings. The molecule has 22 heavy (non-hydrogen) atoms. The van der Waals surface area contributed by atoms with Crippen LogP contribution in [0.15, 0.2) is 48.9 Å². The standard InChI is InChI=1S/C17H16N4O/c1-10-5-12(6-10)21-8-14(11-3-2-4-13(22)7-11)15-16(18)19-9-20-17(15)21/h2-4,7-9,12,22H,1,5-6H2,(H2,18,19,20). The van der Waals surface area contributed by atoms with E-state index in [0.717, 1.165) is 35.0 Å². The average Bonchev–Trinajstić information content (AvgIpc) is 2.85. The van der Waals surface area contributed by atoms with Crippen molar-refractivity contribution in [3.63, 3.8) is 0 Å². The van der Waals surface area contributed by atoms with Crippen LogP contribution in [0.3, 0.4) is 0 Å². The highest BCUT2D eigenvalue weighted by Gasteiger charge is 2.26. The molecule has 0 spiro atoms. The Morgan fingerprint density at radius 1 is 1.27 bits per heavy atom. The number of phenolic OH excluding ortho intramolecular Hbond substituents is 1. The van der Waals surface area contributed by atoms with Crippen molar-refractivity contribution >= 4 is 16.9 Å². The van der Waals surface area contributed by atoms with E-state index < -0.39 is 0 Å². The van der Waals surface area contributed by atoms with Crippen LogP contribution in [-0.2, 0) is 0 Å². The van der Waals surface area contributed by atoms with Crippen LogP contribution in [0, 0.1) is 0 Å². The predicted octanol–water partition coefficient (Wildman–Crippen LogP) is 3.28. The van der Waals surface area contributed by atoms with Gasteiger partial charge in [0.2, 0.25) is 0 Å². The molecule has 1 aromatic carbocycles. The third-order valence-corrected chi connectivity index (χ3v) is 4.24. The van der Waals surface area contributed by atoms with E-state index in [4.69, 9.17) is 5.73 Å². The second-order valence-electron chi connectivity index (χ2n) is 5.77. The quantitative estimate of drug-likeness (QED) is 0.711. The van der Waals surface area contributed by atoms with E-state index in [9.17, 15) is 5.11 Å². The molecule has 0 radical (unpaired) electrons. The molecule has 1 aliphatic rings. The van der Waals surface area contributed by atoms with Crippen molar-refractivity contribution in [2.45, 2.75) is 18.9 Å². The third kappa shape index (κ3) is 1.86. The van der Waals surface area contributed by atoms with Crippen molar-refractivity contribution in [2.24, 2.45) is 0 Å². The maximum Gasteiger partial charge on any atom is 0.146 e. The Hall–Kier alpha value is -2.82. The van der Waals surface area contributed by atoms with Crippen LogP contribution in [0.25, 0.3) is 22.2 Å². The van der Waals surface area contributed by atoms with E-state index in [0.29, 0.717) is 11.9 Å². The van der Waals surface area contributed by atoms with Gasteiger partial charge in [-0.15, -0.1) is 0 Å². The zero-order valence-corrected chi connectivity index (χ0v) is 12.0. The fourth-order valence-corrected chi connectivity index (χ4v) is 3.08. The van der Waals surface area contributed by atoms with Crippen molar-refractivity contribution in [3.05, 3.63) is 48.9 Å². The number of nitrogens with two attached hydrogens (primary N) is 1. The summed E-state index contributed by atoms with van der Waals surface area (Å²) in [4.78, 5) is 8.54. The molecule has 2 aromatic heterocycles. The van der Waals surface area contributed by atoms with Crippen molar-refractivity contribution in [2.75, 3.05) is 5.73 Å². The highest BCUT2D eigenvalue weighted by atomic mass is 16.3. The summed E-state index contributed by atoms with van der Waals surface area (Å²) in [5.74, 6) is 0.686. The summed E-state index contributed by atoms with van der Waals surface area (Å²) in [5.41, 5.74) is 10.0. The lowest BCUT2D eigenvalue weighted by atomic mass is 9.88. The molecule has 1 fully saturated rings. The van der Waals surface area contributed by atoms with E-state index in [1.54, 1.807) is 12.1 Å². The van der Waals surface area contributed by atoms with Crippen LogP contribution in [0.5, 0.6) is 5.75 Å². The minimum Gasteiger partial charge on any atom is -0.508 e. The van der Waals surface area contributed by atoms with Gasteiger partial charge in [-0.3, -0.25) is 0 Å². The Balaban J connectivity index is 1.96. The number of aromatic nitrogens is 3. The molecule has 0 aliphatic heterocycles. The zero-order valence-electron chi connectivity index (χ0n) is 12.0. The first-order valence-corrected chi connectivity index (χ1v) is 7.20. The fourth-order valence-electron chi connectivity index (χ4n) is 3.08. The van der Waals surface area contributed by atoms with Gasteiger partial charge in [-0.05, 0) is 30.5 Å². The van der Waals surface area contributed by atoms with Gasteiger partial charge < -0.3 is 15.4 Å². The molecule has 110 valence electrons. The molecule has 0 unspecified atom stereocenters. The number of nitrogen functional groups attached to an aromatic ring is 1. The molecule has 3 N–H and O–H groups in total. The first-order chi connectivity index (χ1) is 10.6. The van der Waals surface area contributed by atoms with Crippen LogP contribution < -0.4 is 5.73 Å². The average molecular weight is 292 g/mol. The summed E-state index contributed by atoms with van der Waals surface area (Å²) in [7, 11) is 0. The van der Waals surface area contributed by atoms with E-state index in [-0.39, 0.29) is 5.75 Å². The molecule has 5 nitrogen and oxygen atoms in total. The molecule has 0 atom stereocenters. The minimum atomic E-state index is 0.228. The molecular formula is C17H16N4O. The van der Waals surface area contributed by atoms with Crippen LogP contribution in [-0.4, -0.2) is 19.6 Å². The third-order valence-electron chi connectivity index (χ3n) is 4.24. The summed E-state index contributed by atoms with van der Waals surface area (Å²) in [6.07, 6.45) is 5.48. The highest BCUT2D eigenvalue weighted by molar-refractivity contribution is 6.00. The molecule has 0 amide bonds. The Morgan fingerprint density at radius 2 is 2.09 bits per heavy atom. The summed E-state index contributed by atoms with van der Waals surface area (Å²) < 4.78 is 2.15. The van der Waals surface area contributed by atoms with Crippen LogP contribution in [0.4, 0.5) is 5.82 Å². The summed E-state index contributed by atoms with van der Waals surface area (Å²) in [6.45, 7) is 4.01. The highest BCUT2D eigenvalue weighted by Crippen LogP contribution is 2.41. The first kappa shape index (κ1) is 12.9. The number of benzene rings is 1. The van der Waals surface area contributed by atoms with Crippen molar-refractivity contribution in [1.82, 2.24) is 14.5 Å². The van der Waals surface area contributed by atoms with E-state index >= 15 is 0 Å². The van der Waals surface area contributed by atoms with Crippen LogP contribution >= 0.6 is 0 Å². The van der Waals surface area contributed by atoms with Crippen molar-refractivity contribution in [1.29, 1.82) is 0 Å². The fraction of sp³-hybridized carbons (Fsp3) is 0.176. The van der Waals surface area contributed by atoms with E-state index in [2.05, 4.69) is 27.3 Å². The van der Waals surface area contributed by atoms with Crippen molar-refractivity contribution in [3.8, 4) is 16.9 Å². The summed E-state index contributed by atoms with van der Waals surface area (Å²) in [6, 6.07) is 7.52. The van der Waals surface area contributed by atoms with E-state index in [1.807, 2.05) is 12.1 Å². The first-order valence-electron chi connectivity index (χ1n) is 7.20. The van der Waals surface area contributed by atoms with Crippen LogP contribution in [0.2, 0.25) is 0 Å². The topological polar surface area (TPSA) is 77.0 Å². The molecule has 2 heterocycles. The predicted molar refractivity (Wildman–Crippen MR) is 86.5 cm³/mol. The summed E-state index contributed by atoms with van der Waals surface area (Å²) >= 11 is 0. The van der Waals surface area contributed by atoms with Gasteiger partial charge in [-0.1, -0.05) is 24.3 Å². The Kier molecular flexibility index (Phi) is 2.69. The van der Waals surface area contributed by atoms with Gasteiger partial charge in [0, 0.05) is 17.8 Å². The SMILES string of the molecule is C=C1CC(n2cc(-c3cccc(O)c3)c3c(N)ncnc32)C1. The monoisotopic (exact) mass is 292 g/mol. The summed E-state index contributed by atoms with van der Waals surface area (Å²) in [5, 5.41) is 10.6. The number of anilines is 1. The Bertz CT molecular complexity index is 889. The number of rotatable bonds is 2. The smallest absolute Gasteiger partial charge is 0.146 e. The van der Waals surface area contributed by atoms with Gasteiger partial charge in [0.15, 0.2) is 0 Å². The largest absolute Gasteiger partial charge is 0.508 e. The maximum absolute atomic E-state index is 9.74. The van der Waals surface area contributed by atoms with Gasteiger partial charge in [0.25, 0.3) is 0 Å². The Morgan fingerprint density at radius 3 is 2.82 bits per heavy atom. The molecule has 1 aliphatic carbocycles. The number of hydrogen-bond acceptors (Lipinski definition) is 4. The van der Waals surface area contributed by atoms with Crippen LogP contribution in [0.1, 0.15) is 18.9 Å². The zero-order chi connectivity index (χ0) is 15.3. The molecule has 4 rings (SSSR count). The number of fused-ring (bicyclic) bond motifs is 1. The van der Waals surface area contributed by atoms with Gasteiger partial charge >= 0.3 is 0 Å². The van der Waals surface area contributed by atoms with E-state index in [1.165, 1.54) is 11.9 Å². The second kappa shape index (κ2) is 4.59. The minimum absolute atomic E-state index is 0.228. The number of phenols is 1. The second-order valence-corrected chi connectivity index (χ2v) is 5.77. The maximum atomic E-state index is 9.74. The Labute approximate surface area is 127 Å². The molecule has 5 heteroatoms. The molecular weight excluding hydrogens is 276 g/mol. The van der Waals surface area contributed by atoms with Gasteiger partial charge in [-0.25, -0.2) is 9.97 Å². The number of allylic oxidation sites excluding steroid dienone is 1. The number of aromatic hydroxyl groups is 1. The van der Waals surface area contributed by atoms with Crippen molar-refractivity contribution < 1.29 is 5.11 Å². The lowest BCUT2D eigenvalue weighted by Gasteiger charge is -2.30. The van der Waals surface area contributed by atoms with Gasteiger partial charge in [-0.2, -0.15) is 0 Å². The van der Waals surface area contributed by atoms with Gasteiger partial charge in [0.05, 0.1) is 5.39 Å². The van der Waals surface area contributed by atoms with Gasteiger partial charge in [0.1, 0.15) is 23.5 Å². The number of nitrogens with zero attached hydrogens (tertiary/aromatic N) is 3. The molecule has 0 saturated heterocycles.